The molecular formula is C17H19N5O. The van der Waals surface area contributed by atoms with Gasteiger partial charge < -0.3 is 9.64 Å². The fraction of sp³-hybridized carbons (Fsp3) is 0.412. The molecule has 0 spiro atoms. The maximum atomic E-state index is 9.05. The summed E-state index contributed by atoms with van der Waals surface area (Å²) in [5, 5.41) is 9.05. The zero-order chi connectivity index (χ0) is 16.1. The summed E-state index contributed by atoms with van der Waals surface area (Å²) in [5.74, 6) is 1.69. The van der Waals surface area contributed by atoms with E-state index in [0.717, 1.165) is 37.4 Å². The molecule has 1 aliphatic heterocycles. The van der Waals surface area contributed by atoms with Gasteiger partial charge in [0.05, 0.1) is 6.61 Å². The maximum Gasteiger partial charge on any atom is 0.231 e. The quantitative estimate of drug-likeness (QED) is 0.863. The number of nitriles is 1. The van der Waals surface area contributed by atoms with Gasteiger partial charge >= 0.3 is 0 Å². The van der Waals surface area contributed by atoms with Crippen molar-refractivity contribution in [3.05, 3.63) is 41.9 Å². The topological polar surface area (TPSA) is 74.9 Å². The Labute approximate surface area is 135 Å². The van der Waals surface area contributed by atoms with Crippen LogP contribution < -0.4 is 9.64 Å². The first-order chi connectivity index (χ1) is 11.3. The number of aromatic nitrogens is 3. The number of hydrogen-bond acceptors (Lipinski definition) is 6. The van der Waals surface area contributed by atoms with Crippen LogP contribution in [0.15, 0.2) is 30.7 Å². The van der Waals surface area contributed by atoms with E-state index in [2.05, 4.69) is 25.9 Å². The molecule has 2 aromatic heterocycles. The minimum atomic E-state index is 0.430. The molecule has 0 aliphatic carbocycles. The normalized spacial score (nSPS) is 15.2. The van der Waals surface area contributed by atoms with E-state index >= 15 is 0 Å². The monoisotopic (exact) mass is 309 g/mol. The van der Waals surface area contributed by atoms with E-state index in [-0.39, 0.29) is 0 Å². The van der Waals surface area contributed by atoms with Crippen molar-refractivity contribution in [2.24, 2.45) is 5.92 Å². The molecule has 6 heteroatoms. The lowest BCUT2D eigenvalue weighted by molar-refractivity contribution is 0.215. The maximum absolute atomic E-state index is 9.05. The van der Waals surface area contributed by atoms with Gasteiger partial charge in [0.15, 0.2) is 0 Å². The molecule has 0 N–H and O–H groups in total. The molecular weight excluding hydrogens is 290 g/mol. The summed E-state index contributed by atoms with van der Waals surface area (Å²) in [6.07, 6.45) is 7.38. The first-order valence-electron chi connectivity index (χ1n) is 7.78. The average molecular weight is 309 g/mol. The van der Waals surface area contributed by atoms with E-state index in [9.17, 15) is 0 Å². The minimum Gasteiger partial charge on any atom is -0.476 e. The molecule has 23 heavy (non-hydrogen) atoms. The van der Waals surface area contributed by atoms with Crippen molar-refractivity contribution >= 4 is 5.95 Å². The zero-order valence-corrected chi connectivity index (χ0v) is 13.1. The SMILES string of the molecule is Cc1cnc(N2CCC(COc3ncccc3C#N)CC2)nc1. The Morgan fingerprint density at radius 2 is 2.00 bits per heavy atom. The van der Waals surface area contributed by atoms with Crippen molar-refractivity contribution in [3.8, 4) is 11.9 Å². The summed E-state index contributed by atoms with van der Waals surface area (Å²) in [7, 11) is 0. The van der Waals surface area contributed by atoms with Gasteiger partial charge in [0.1, 0.15) is 11.6 Å². The van der Waals surface area contributed by atoms with Gasteiger partial charge in [-0.15, -0.1) is 0 Å². The van der Waals surface area contributed by atoms with Crippen molar-refractivity contribution in [2.75, 3.05) is 24.6 Å². The summed E-state index contributed by atoms with van der Waals surface area (Å²) < 4.78 is 5.74. The number of piperidine rings is 1. The third-order valence-electron chi connectivity index (χ3n) is 4.01. The molecule has 1 fully saturated rings. The first kappa shape index (κ1) is 15.2. The molecule has 1 saturated heterocycles. The Bertz CT molecular complexity index is 687. The van der Waals surface area contributed by atoms with Crippen LogP contribution in [0, 0.1) is 24.2 Å². The van der Waals surface area contributed by atoms with Crippen molar-refractivity contribution in [1.82, 2.24) is 15.0 Å². The first-order valence-corrected chi connectivity index (χ1v) is 7.78. The highest BCUT2D eigenvalue weighted by atomic mass is 16.5. The lowest BCUT2D eigenvalue weighted by Gasteiger charge is -2.31. The van der Waals surface area contributed by atoms with Gasteiger partial charge in [0, 0.05) is 31.7 Å². The minimum absolute atomic E-state index is 0.430. The Morgan fingerprint density at radius 1 is 1.26 bits per heavy atom. The molecule has 3 heterocycles. The fourth-order valence-electron chi connectivity index (χ4n) is 2.64. The highest BCUT2D eigenvalue weighted by molar-refractivity contribution is 5.37. The second kappa shape index (κ2) is 7.05. The molecule has 0 unspecified atom stereocenters. The molecule has 0 radical (unpaired) electrons. The summed E-state index contributed by atoms with van der Waals surface area (Å²) in [4.78, 5) is 15.1. The van der Waals surface area contributed by atoms with Gasteiger partial charge in [0.2, 0.25) is 11.8 Å². The number of ether oxygens (including phenoxy) is 1. The van der Waals surface area contributed by atoms with Gasteiger partial charge in [-0.2, -0.15) is 5.26 Å². The van der Waals surface area contributed by atoms with Crippen LogP contribution >= 0.6 is 0 Å². The van der Waals surface area contributed by atoms with Gasteiger partial charge in [0.25, 0.3) is 0 Å². The number of anilines is 1. The third kappa shape index (κ3) is 3.75. The number of pyridine rings is 1. The predicted octanol–water partition coefficient (Wildman–Crippen LogP) is 2.35. The number of rotatable bonds is 4. The number of nitrogens with zero attached hydrogens (tertiary/aromatic N) is 5. The number of aryl methyl sites for hydroxylation is 1. The van der Waals surface area contributed by atoms with Crippen LogP contribution in [0.4, 0.5) is 5.95 Å². The van der Waals surface area contributed by atoms with Gasteiger partial charge in [-0.1, -0.05) is 0 Å². The van der Waals surface area contributed by atoms with Crippen molar-refractivity contribution < 1.29 is 4.74 Å². The van der Waals surface area contributed by atoms with E-state index in [1.54, 1.807) is 18.3 Å². The van der Waals surface area contributed by atoms with Crippen LogP contribution in [-0.2, 0) is 0 Å². The van der Waals surface area contributed by atoms with E-state index in [0.29, 0.717) is 24.0 Å². The Balaban J connectivity index is 1.51. The van der Waals surface area contributed by atoms with Crippen LogP contribution in [0.5, 0.6) is 5.88 Å². The van der Waals surface area contributed by atoms with Crippen molar-refractivity contribution in [3.63, 3.8) is 0 Å². The van der Waals surface area contributed by atoms with Gasteiger partial charge in [-0.25, -0.2) is 15.0 Å². The van der Waals surface area contributed by atoms with Crippen LogP contribution in [0.25, 0.3) is 0 Å². The summed E-state index contributed by atoms with van der Waals surface area (Å²) in [5.41, 5.74) is 1.55. The molecule has 6 nitrogen and oxygen atoms in total. The highest BCUT2D eigenvalue weighted by Crippen LogP contribution is 2.22. The fourth-order valence-corrected chi connectivity index (χ4v) is 2.64. The standard InChI is InChI=1S/C17H19N5O/c1-13-10-20-17(21-11-13)22-7-4-14(5-8-22)12-23-16-15(9-18)3-2-6-19-16/h2-3,6,10-11,14H,4-5,7-8,12H2,1H3. The van der Waals surface area contributed by atoms with Crippen LogP contribution in [-0.4, -0.2) is 34.6 Å². The van der Waals surface area contributed by atoms with E-state index in [4.69, 9.17) is 10.00 Å². The molecule has 118 valence electrons. The second-order valence-electron chi connectivity index (χ2n) is 5.77. The summed E-state index contributed by atoms with van der Waals surface area (Å²) in [6.45, 7) is 4.42. The number of hydrogen-bond donors (Lipinski definition) is 0. The van der Waals surface area contributed by atoms with Crippen LogP contribution in [0.1, 0.15) is 24.0 Å². The zero-order valence-electron chi connectivity index (χ0n) is 13.1. The smallest absolute Gasteiger partial charge is 0.231 e. The third-order valence-corrected chi connectivity index (χ3v) is 4.01. The van der Waals surface area contributed by atoms with Crippen molar-refractivity contribution in [1.29, 1.82) is 5.26 Å². The molecule has 1 aliphatic rings. The molecule has 0 saturated carbocycles. The molecule has 0 bridgehead atoms. The lowest BCUT2D eigenvalue weighted by atomic mass is 9.98. The Morgan fingerprint density at radius 3 is 2.70 bits per heavy atom. The van der Waals surface area contributed by atoms with Crippen molar-refractivity contribution in [2.45, 2.75) is 19.8 Å². The Hall–Kier alpha value is -2.68. The largest absolute Gasteiger partial charge is 0.476 e. The molecule has 2 aromatic rings. The van der Waals surface area contributed by atoms with E-state index in [1.165, 1.54) is 0 Å². The summed E-state index contributed by atoms with van der Waals surface area (Å²) >= 11 is 0. The Kier molecular flexibility index (Phi) is 4.67. The molecule has 0 amide bonds. The summed E-state index contributed by atoms with van der Waals surface area (Å²) in [6, 6.07) is 5.57. The van der Waals surface area contributed by atoms with Crippen LogP contribution in [0.2, 0.25) is 0 Å². The predicted molar refractivity (Wildman–Crippen MR) is 86.2 cm³/mol. The molecule has 3 rings (SSSR count). The van der Waals surface area contributed by atoms with Gasteiger partial charge in [-0.3, -0.25) is 0 Å². The second-order valence-corrected chi connectivity index (χ2v) is 5.77. The van der Waals surface area contributed by atoms with Gasteiger partial charge in [-0.05, 0) is 43.4 Å². The van der Waals surface area contributed by atoms with E-state index in [1.807, 2.05) is 19.3 Å². The average Bonchev–Trinajstić information content (AvgIpc) is 2.61. The van der Waals surface area contributed by atoms with Crippen LogP contribution in [0.3, 0.4) is 0 Å². The lowest BCUT2D eigenvalue weighted by Crippen LogP contribution is -2.36. The highest BCUT2D eigenvalue weighted by Gasteiger charge is 2.21. The molecule has 0 atom stereocenters. The molecule has 0 aromatic carbocycles. The van der Waals surface area contributed by atoms with E-state index < -0.39 is 0 Å².